The molecule has 3 aromatic carbocycles. The van der Waals surface area contributed by atoms with Crippen LogP contribution in [0.3, 0.4) is 0 Å². The number of phenolic OH excluding ortho intramolecular Hbond substituents is 2. The van der Waals surface area contributed by atoms with Gasteiger partial charge in [-0.2, -0.15) is 0 Å². The summed E-state index contributed by atoms with van der Waals surface area (Å²) < 4.78 is 71.3. The molecule has 0 amide bonds. The van der Waals surface area contributed by atoms with E-state index >= 15 is 4.39 Å². The maximum Gasteiger partial charge on any atom is 0.197 e. The molecular weight excluding hydrogens is 355 g/mol. The Labute approximate surface area is 144 Å². The van der Waals surface area contributed by atoms with Crippen molar-refractivity contribution < 1.29 is 32.2 Å². The third-order valence-electron chi connectivity index (χ3n) is 4.01. The van der Waals surface area contributed by atoms with Crippen molar-refractivity contribution >= 4 is 0 Å². The van der Waals surface area contributed by atoms with E-state index < -0.39 is 45.8 Å². The summed E-state index contributed by atoms with van der Waals surface area (Å²) >= 11 is 0. The molecule has 3 aromatic rings. The molecule has 0 spiro atoms. The van der Waals surface area contributed by atoms with Crippen molar-refractivity contribution in [2.75, 3.05) is 0 Å². The van der Waals surface area contributed by atoms with Gasteiger partial charge >= 0.3 is 0 Å². The lowest BCUT2D eigenvalue weighted by molar-refractivity contribution is 0.255. The fraction of sp³-hybridized carbons (Fsp3) is 0.0526. The van der Waals surface area contributed by atoms with Gasteiger partial charge in [0.05, 0.1) is 0 Å². The molecule has 0 saturated carbocycles. The van der Waals surface area contributed by atoms with Gasteiger partial charge in [-0.05, 0) is 29.8 Å². The Morgan fingerprint density at radius 1 is 0.692 bits per heavy atom. The van der Waals surface area contributed by atoms with Crippen LogP contribution in [-0.4, -0.2) is 10.2 Å². The average Bonchev–Trinajstić information content (AvgIpc) is 2.63. The van der Waals surface area contributed by atoms with Gasteiger partial charge in [-0.15, -0.1) is 0 Å². The highest BCUT2D eigenvalue weighted by Gasteiger charge is 2.43. The van der Waals surface area contributed by atoms with Crippen molar-refractivity contribution in [2.24, 2.45) is 0 Å². The molecule has 0 heterocycles. The van der Waals surface area contributed by atoms with Crippen LogP contribution in [0.4, 0.5) is 22.0 Å². The van der Waals surface area contributed by atoms with Crippen molar-refractivity contribution in [3.05, 3.63) is 94.6 Å². The Bertz CT molecular complexity index is 972. The average molecular weight is 366 g/mol. The van der Waals surface area contributed by atoms with Crippen LogP contribution in [0.5, 0.6) is 11.5 Å². The van der Waals surface area contributed by atoms with Crippen LogP contribution in [0.1, 0.15) is 16.7 Å². The second-order valence-electron chi connectivity index (χ2n) is 5.57. The lowest BCUT2D eigenvalue weighted by Gasteiger charge is -2.28. The summed E-state index contributed by atoms with van der Waals surface area (Å²) in [5, 5.41) is 19.4. The van der Waals surface area contributed by atoms with Crippen LogP contribution in [0.25, 0.3) is 0 Å². The van der Waals surface area contributed by atoms with E-state index in [1.54, 1.807) is 0 Å². The minimum absolute atomic E-state index is 0.201. The Kier molecular flexibility index (Phi) is 4.31. The zero-order chi connectivity index (χ0) is 19.1. The molecule has 1 unspecified atom stereocenters. The summed E-state index contributed by atoms with van der Waals surface area (Å²) in [5.41, 5.74) is -5.05. The molecule has 2 nitrogen and oxygen atoms in total. The largest absolute Gasteiger partial charge is 0.508 e. The molecule has 0 aromatic heterocycles. The van der Waals surface area contributed by atoms with Crippen LogP contribution >= 0.6 is 0 Å². The number of rotatable bonds is 3. The molecule has 0 bridgehead atoms. The van der Waals surface area contributed by atoms with E-state index in [4.69, 9.17) is 0 Å². The number of hydrogen-bond acceptors (Lipinski definition) is 2. The summed E-state index contributed by atoms with van der Waals surface area (Å²) in [6.45, 7) is 0. The number of alkyl halides is 1. The first kappa shape index (κ1) is 17.7. The molecule has 0 fully saturated rings. The first-order valence-electron chi connectivity index (χ1n) is 7.37. The Morgan fingerprint density at radius 2 is 1.31 bits per heavy atom. The van der Waals surface area contributed by atoms with E-state index in [-0.39, 0.29) is 17.4 Å². The van der Waals surface area contributed by atoms with Crippen molar-refractivity contribution in [1.82, 2.24) is 0 Å². The zero-order valence-electron chi connectivity index (χ0n) is 13.0. The van der Waals surface area contributed by atoms with Gasteiger partial charge in [0.15, 0.2) is 28.9 Å². The van der Waals surface area contributed by atoms with Gasteiger partial charge in [-0.3, -0.25) is 0 Å². The molecule has 0 aliphatic carbocycles. The number of benzene rings is 3. The number of halogens is 5. The van der Waals surface area contributed by atoms with Crippen molar-refractivity contribution in [2.45, 2.75) is 5.67 Å². The van der Waals surface area contributed by atoms with Crippen LogP contribution in [-0.2, 0) is 5.67 Å². The van der Waals surface area contributed by atoms with Crippen LogP contribution in [0.15, 0.2) is 54.6 Å². The maximum atomic E-state index is 16.2. The van der Waals surface area contributed by atoms with E-state index in [2.05, 4.69) is 0 Å². The number of para-hydroxylation sites is 1. The Morgan fingerprint density at radius 3 is 1.92 bits per heavy atom. The molecular formula is C19H11F5O2. The molecule has 0 saturated heterocycles. The normalized spacial score (nSPS) is 13.4. The second-order valence-corrected chi connectivity index (χ2v) is 5.57. The molecule has 7 heteroatoms. The topological polar surface area (TPSA) is 40.5 Å². The molecule has 0 aliphatic rings. The number of aromatic hydroxyl groups is 2. The van der Waals surface area contributed by atoms with Gasteiger partial charge in [-0.25, -0.2) is 22.0 Å². The summed E-state index contributed by atoms with van der Waals surface area (Å²) in [6, 6.07) is 9.39. The van der Waals surface area contributed by atoms with Gasteiger partial charge < -0.3 is 10.2 Å². The number of phenols is 2. The fourth-order valence-corrected chi connectivity index (χ4v) is 2.74. The van der Waals surface area contributed by atoms with Gasteiger partial charge in [-0.1, -0.05) is 30.3 Å². The first-order chi connectivity index (χ1) is 12.3. The summed E-state index contributed by atoms with van der Waals surface area (Å²) in [7, 11) is 0. The van der Waals surface area contributed by atoms with E-state index in [0.29, 0.717) is 0 Å². The quantitative estimate of drug-likeness (QED) is 0.299. The molecule has 0 aliphatic heterocycles. The summed E-state index contributed by atoms with van der Waals surface area (Å²) in [5.74, 6) is -8.79. The molecule has 3 rings (SSSR count). The zero-order valence-corrected chi connectivity index (χ0v) is 13.0. The van der Waals surface area contributed by atoms with Crippen LogP contribution in [0.2, 0.25) is 0 Å². The molecule has 134 valence electrons. The highest BCUT2D eigenvalue weighted by Crippen LogP contribution is 2.46. The van der Waals surface area contributed by atoms with E-state index in [1.807, 2.05) is 0 Å². The molecule has 1 atom stereocenters. The monoisotopic (exact) mass is 366 g/mol. The lowest BCUT2D eigenvalue weighted by atomic mass is 9.81. The van der Waals surface area contributed by atoms with Gasteiger partial charge in [0, 0.05) is 11.1 Å². The van der Waals surface area contributed by atoms with E-state index in [0.717, 1.165) is 36.4 Å². The predicted molar refractivity (Wildman–Crippen MR) is 83.5 cm³/mol. The Balaban J connectivity index is 2.40. The first-order valence-corrected chi connectivity index (χ1v) is 7.37. The predicted octanol–water partition coefficient (Wildman–Crippen LogP) is 4.92. The highest BCUT2D eigenvalue weighted by atomic mass is 19.2. The molecule has 2 N–H and O–H groups in total. The van der Waals surface area contributed by atoms with Crippen LogP contribution in [0, 0.1) is 23.3 Å². The maximum absolute atomic E-state index is 16.2. The van der Waals surface area contributed by atoms with Gasteiger partial charge in [0.25, 0.3) is 0 Å². The van der Waals surface area contributed by atoms with Gasteiger partial charge in [0.2, 0.25) is 0 Å². The standard InChI is InChI=1S/C19H11F5O2/c20-14-9-13(16(21)18(23)17(14)22)19(24,10-5-7-11(25)8-6-10)12-3-1-2-4-15(12)26/h1-9,25-26H. The van der Waals surface area contributed by atoms with E-state index in [9.17, 15) is 27.8 Å². The minimum atomic E-state index is -3.06. The minimum Gasteiger partial charge on any atom is -0.508 e. The summed E-state index contributed by atoms with van der Waals surface area (Å²) in [6.07, 6.45) is 0. The second kappa shape index (κ2) is 6.33. The Hall–Kier alpha value is -3.09. The van der Waals surface area contributed by atoms with E-state index in [1.165, 1.54) is 12.1 Å². The molecule has 26 heavy (non-hydrogen) atoms. The smallest absolute Gasteiger partial charge is 0.197 e. The lowest BCUT2D eigenvalue weighted by Crippen LogP contribution is -2.26. The third-order valence-corrected chi connectivity index (χ3v) is 4.01. The van der Waals surface area contributed by atoms with Crippen LogP contribution < -0.4 is 0 Å². The molecule has 0 radical (unpaired) electrons. The fourth-order valence-electron chi connectivity index (χ4n) is 2.74. The number of hydrogen-bond donors (Lipinski definition) is 2. The van der Waals surface area contributed by atoms with Crippen molar-refractivity contribution in [1.29, 1.82) is 0 Å². The SMILES string of the molecule is Oc1ccc(C(F)(c2ccccc2O)c2cc(F)c(F)c(F)c2F)cc1. The van der Waals surface area contributed by atoms with Crippen molar-refractivity contribution in [3.63, 3.8) is 0 Å². The summed E-state index contributed by atoms with van der Waals surface area (Å²) in [4.78, 5) is 0. The van der Waals surface area contributed by atoms with Crippen molar-refractivity contribution in [3.8, 4) is 11.5 Å². The highest BCUT2D eigenvalue weighted by molar-refractivity contribution is 5.53. The van der Waals surface area contributed by atoms with Gasteiger partial charge in [0.1, 0.15) is 11.5 Å². The third kappa shape index (κ3) is 2.65.